The van der Waals surface area contributed by atoms with E-state index in [9.17, 15) is 0 Å². The maximum absolute atomic E-state index is 3.83. The van der Waals surface area contributed by atoms with Crippen LogP contribution in [0.15, 0.2) is 12.7 Å². The van der Waals surface area contributed by atoms with Crippen LogP contribution in [0.2, 0.25) is 24.7 Å². The minimum atomic E-state index is -0.981. The van der Waals surface area contributed by atoms with E-state index in [-0.39, 0.29) is 0 Å². The number of hydrogen-bond donors (Lipinski definition) is 0. The first-order chi connectivity index (χ1) is 13.7. The molecule has 0 aliphatic carbocycles. The van der Waals surface area contributed by atoms with E-state index in [1.807, 2.05) is 0 Å². The zero-order valence-corrected chi connectivity index (χ0v) is 21.3. The van der Waals surface area contributed by atoms with Crippen molar-refractivity contribution in [2.45, 2.75) is 161 Å². The molecule has 0 amide bonds. The summed E-state index contributed by atoms with van der Waals surface area (Å²) in [5, 5.41) is 0. The van der Waals surface area contributed by atoms with E-state index in [0.717, 1.165) is 0 Å². The van der Waals surface area contributed by atoms with Gasteiger partial charge >= 0.3 is 0 Å². The molecule has 0 rings (SSSR count). The summed E-state index contributed by atoms with van der Waals surface area (Å²) in [7, 11) is -0.981. The second-order valence-corrected chi connectivity index (χ2v) is 14.9. The molecule has 0 fully saturated rings. The second-order valence-electron chi connectivity index (χ2n) is 9.79. The van der Waals surface area contributed by atoms with Crippen LogP contribution in [0.1, 0.15) is 136 Å². The topological polar surface area (TPSA) is 0 Å². The summed E-state index contributed by atoms with van der Waals surface area (Å²) >= 11 is 0. The van der Waals surface area contributed by atoms with Crippen molar-refractivity contribution in [1.82, 2.24) is 0 Å². The van der Waals surface area contributed by atoms with Gasteiger partial charge in [0.2, 0.25) is 0 Å². The largest absolute Gasteiger partial charge is 0.103 e. The third kappa shape index (κ3) is 19.3. The van der Waals surface area contributed by atoms with E-state index in [2.05, 4.69) is 33.0 Å². The standard InChI is InChI=1S/C27H56Si/c1-5-8-11-14-17-18-21-24-27-28(4,25-22-19-15-12-9-6-2)26-23-20-16-13-10-7-3/h5H,1,6-27H2,2-4H3. The highest BCUT2D eigenvalue weighted by molar-refractivity contribution is 6.78. The SMILES string of the molecule is C=CCCCCCCCC[Si](C)(CCCCCCCC)CCCCCCCC. The van der Waals surface area contributed by atoms with Gasteiger partial charge in [-0.05, 0) is 12.8 Å². The molecule has 28 heavy (non-hydrogen) atoms. The van der Waals surface area contributed by atoms with Crippen LogP contribution in [0, 0.1) is 0 Å². The van der Waals surface area contributed by atoms with Crippen molar-refractivity contribution in [1.29, 1.82) is 0 Å². The maximum Gasteiger partial charge on any atom is 0.0504 e. The van der Waals surface area contributed by atoms with Gasteiger partial charge in [-0.3, -0.25) is 0 Å². The van der Waals surface area contributed by atoms with Crippen molar-refractivity contribution < 1.29 is 0 Å². The van der Waals surface area contributed by atoms with Gasteiger partial charge in [-0.15, -0.1) is 6.58 Å². The van der Waals surface area contributed by atoms with Gasteiger partial charge in [0.1, 0.15) is 0 Å². The summed E-state index contributed by atoms with van der Waals surface area (Å²) in [5.74, 6) is 0. The van der Waals surface area contributed by atoms with Crippen LogP contribution in [-0.4, -0.2) is 8.07 Å². The molecule has 0 aliphatic rings. The van der Waals surface area contributed by atoms with E-state index >= 15 is 0 Å². The molecule has 0 aromatic heterocycles. The molecule has 0 unspecified atom stereocenters. The third-order valence-corrected chi connectivity index (χ3v) is 11.4. The minimum absolute atomic E-state index is 0.981. The molecule has 0 nitrogen and oxygen atoms in total. The smallest absolute Gasteiger partial charge is 0.0504 e. The van der Waals surface area contributed by atoms with E-state index in [0.29, 0.717) is 0 Å². The molecule has 1 heteroatoms. The Morgan fingerprint density at radius 3 is 1.18 bits per heavy atom. The van der Waals surface area contributed by atoms with Gasteiger partial charge in [-0.2, -0.15) is 0 Å². The fourth-order valence-corrected chi connectivity index (χ4v) is 8.65. The third-order valence-electron chi connectivity index (χ3n) is 6.71. The van der Waals surface area contributed by atoms with Crippen LogP contribution < -0.4 is 0 Å². The first-order valence-electron chi connectivity index (χ1n) is 13.3. The fraction of sp³-hybridized carbons (Fsp3) is 0.926. The summed E-state index contributed by atoms with van der Waals surface area (Å²) in [5.41, 5.74) is 0. The number of allylic oxidation sites excluding steroid dienone is 1. The van der Waals surface area contributed by atoms with Crippen molar-refractivity contribution in [2.24, 2.45) is 0 Å². The number of unbranched alkanes of at least 4 members (excludes halogenated alkanes) is 16. The number of hydrogen-bond acceptors (Lipinski definition) is 0. The molecule has 0 atom stereocenters. The normalized spacial score (nSPS) is 11.8. The van der Waals surface area contributed by atoms with Crippen LogP contribution in [0.4, 0.5) is 0 Å². The maximum atomic E-state index is 3.83. The first-order valence-corrected chi connectivity index (χ1v) is 16.4. The van der Waals surface area contributed by atoms with E-state index in [1.165, 1.54) is 122 Å². The van der Waals surface area contributed by atoms with Crippen molar-refractivity contribution in [3.63, 3.8) is 0 Å². The summed E-state index contributed by atoms with van der Waals surface area (Å²) in [6.07, 6.45) is 29.6. The van der Waals surface area contributed by atoms with Crippen LogP contribution in [-0.2, 0) is 0 Å². The molecule has 0 bridgehead atoms. The van der Waals surface area contributed by atoms with E-state index < -0.39 is 8.07 Å². The zero-order chi connectivity index (χ0) is 20.8. The Bertz CT molecular complexity index is 293. The van der Waals surface area contributed by atoms with Gasteiger partial charge in [0.05, 0.1) is 8.07 Å². The Labute approximate surface area is 181 Å². The molecular weight excluding hydrogens is 352 g/mol. The van der Waals surface area contributed by atoms with Crippen LogP contribution in [0.3, 0.4) is 0 Å². The van der Waals surface area contributed by atoms with Crippen LogP contribution in [0.5, 0.6) is 0 Å². The van der Waals surface area contributed by atoms with Crippen molar-refractivity contribution in [2.75, 3.05) is 0 Å². The quantitative estimate of drug-likeness (QED) is 0.0895. The minimum Gasteiger partial charge on any atom is -0.103 e. The molecule has 0 radical (unpaired) electrons. The molecule has 0 heterocycles. The van der Waals surface area contributed by atoms with Gasteiger partial charge in [-0.1, -0.05) is 154 Å². The highest BCUT2D eigenvalue weighted by Gasteiger charge is 2.25. The van der Waals surface area contributed by atoms with Gasteiger partial charge in [0, 0.05) is 0 Å². The lowest BCUT2D eigenvalue weighted by Gasteiger charge is -2.28. The van der Waals surface area contributed by atoms with E-state index in [4.69, 9.17) is 0 Å². The lowest BCUT2D eigenvalue weighted by Crippen LogP contribution is -2.29. The van der Waals surface area contributed by atoms with Gasteiger partial charge in [0.25, 0.3) is 0 Å². The van der Waals surface area contributed by atoms with Gasteiger partial charge < -0.3 is 0 Å². The van der Waals surface area contributed by atoms with Crippen molar-refractivity contribution >= 4 is 8.07 Å². The fourth-order valence-electron chi connectivity index (χ4n) is 4.59. The van der Waals surface area contributed by atoms with E-state index in [1.54, 1.807) is 18.1 Å². The Morgan fingerprint density at radius 2 is 0.821 bits per heavy atom. The Hall–Kier alpha value is -0.0431. The first kappa shape index (κ1) is 28.0. The molecule has 0 aromatic carbocycles. The van der Waals surface area contributed by atoms with Crippen LogP contribution in [0.25, 0.3) is 0 Å². The number of rotatable bonds is 23. The summed E-state index contributed by atoms with van der Waals surface area (Å²) in [4.78, 5) is 0. The Kier molecular flexibility index (Phi) is 21.6. The highest BCUT2D eigenvalue weighted by Crippen LogP contribution is 2.29. The molecular formula is C27H56Si. The second kappa shape index (κ2) is 21.7. The Morgan fingerprint density at radius 1 is 0.500 bits per heavy atom. The predicted octanol–water partition coefficient (Wildman–Crippen LogP) is 10.7. The summed E-state index contributed by atoms with van der Waals surface area (Å²) in [6.45, 7) is 11.2. The highest BCUT2D eigenvalue weighted by atomic mass is 28.3. The average molecular weight is 409 g/mol. The zero-order valence-electron chi connectivity index (χ0n) is 20.3. The molecule has 168 valence electrons. The molecule has 0 N–H and O–H groups in total. The lowest BCUT2D eigenvalue weighted by molar-refractivity contribution is 0.601. The monoisotopic (exact) mass is 408 g/mol. The molecule has 0 saturated heterocycles. The Balaban J connectivity index is 4.02. The van der Waals surface area contributed by atoms with Gasteiger partial charge in [0.15, 0.2) is 0 Å². The van der Waals surface area contributed by atoms with Gasteiger partial charge in [-0.25, -0.2) is 0 Å². The molecule has 0 aliphatic heterocycles. The average Bonchev–Trinajstić information content (AvgIpc) is 2.69. The van der Waals surface area contributed by atoms with Crippen molar-refractivity contribution in [3.8, 4) is 0 Å². The molecule has 0 saturated carbocycles. The predicted molar refractivity (Wildman–Crippen MR) is 135 cm³/mol. The van der Waals surface area contributed by atoms with Crippen molar-refractivity contribution in [3.05, 3.63) is 12.7 Å². The molecule has 0 spiro atoms. The summed E-state index contributed by atoms with van der Waals surface area (Å²) < 4.78 is 0. The molecule has 0 aromatic rings. The van der Waals surface area contributed by atoms with Crippen LogP contribution >= 0.6 is 0 Å². The lowest BCUT2D eigenvalue weighted by atomic mass is 10.1. The summed E-state index contributed by atoms with van der Waals surface area (Å²) in [6, 6.07) is 4.85.